The normalized spacial score (nSPS) is 11.7. The van der Waals surface area contributed by atoms with Crippen LogP contribution < -0.4 is 9.47 Å². The van der Waals surface area contributed by atoms with Crippen molar-refractivity contribution >= 4 is 45.0 Å². The number of H-pyrrole nitrogens is 2. The Morgan fingerprint density at radius 3 is 1.89 bits per heavy atom. The van der Waals surface area contributed by atoms with Crippen molar-refractivity contribution in [1.82, 2.24) is 9.97 Å². The Bertz CT molecular complexity index is 1490. The standard InChI is InChI=1S/C24H24N6O6/c1-35-13-8-10-17-16(11-13)22(24(34)25-17)30-28-20(32)6-4-3-5-19(31)27-29-21-15-9-7-14(36-2)12-18(15)26-23(21)33/h7-12,25-26,33-34H,3-6H2,1-2H3. The van der Waals surface area contributed by atoms with E-state index in [-0.39, 0.29) is 36.0 Å². The molecule has 12 heteroatoms. The lowest BCUT2D eigenvalue weighted by atomic mass is 10.2. The zero-order chi connectivity index (χ0) is 25.7. The number of aromatic nitrogens is 2. The van der Waals surface area contributed by atoms with Crippen molar-refractivity contribution in [3.05, 3.63) is 36.4 Å². The van der Waals surface area contributed by atoms with Gasteiger partial charge >= 0.3 is 0 Å². The third-order valence-electron chi connectivity index (χ3n) is 5.47. The molecule has 0 fully saturated rings. The van der Waals surface area contributed by atoms with Gasteiger partial charge in [-0.2, -0.15) is 0 Å². The van der Waals surface area contributed by atoms with Crippen molar-refractivity contribution in [2.24, 2.45) is 20.5 Å². The summed E-state index contributed by atoms with van der Waals surface area (Å²) in [5, 5.41) is 36.4. The van der Waals surface area contributed by atoms with Gasteiger partial charge in [-0.15, -0.1) is 20.5 Å². The van der Waals surface area contributed by atoms with Gasteiger partial charge < -0.3 is 29.7 Å². The maximum Gasteiger partial charge on any atom is 0.264 e. The second kappa shape index (κ2) is 10.7. The molecule has 0 aliphatic carbocycles. The second-order valence-corrected chi connectivity index (χ2v) is 7.86. The van der Waals surface area contributed by atoms with Crippen molar-refractivity contribution < 1.29 is 29.3 Å². The predicted molar refractivity (Wildman–Crippen MR) is 131 cm³/mol. The smallest absolute Gasteiger partial charge is 0.264 e. The number of carbonyl (C=O) groups excluding carboxylic acids is 2. The number of hydrogen-bond donors (Lipinski definition) is 4. The van der Waals surface area contributed by atoms with Crippen LogP contribution in [-0.4, -0.2) is 46.2 Å². The molecule has 2 aromatic carbocycles. The van der Waals surface area contributed by atoms with Crippen LogP contribution in [0.5, 0.6) is 23.3 Å². The van der Waals surface area contributed by atoms with Gasteiger partial charge in [-0.25, -0.2) is 0 Å². The van der Waals surface area contributed by atoms with Crippen molar-refractivity contribution in [2.75, 3.05) is 14.2 Å². The summed E-state index contributed by atoms with van der Waals surface area (Å²) in [4.78, 5) is 29.7. The topological polar surface area (TPSA) is 174 Å². The second-order valence-electron chi connectivity index (χ2n) is 7.86. The van der Waals surface area contributed by atoms with Gasteiger partial charge in [0.15, 0.2) is 11.4 Å². The summed E-state index contributed by atoms with van der Waals surface area (Å²) >= 11 is 0. The van der Waals surface area contributed by atoms with Crippen LogP contribution >= 0.6 is 0 Å². The summed E-state index contributed by atoms with van der Waals surface area (Å²) in [6.07, 6.45) is 0.940. The third kappa shape index (κ3) is 5.32. The average Bonchev–Trinajstić information content (AvgIpc) is 3.37. The van der Waals surface area contributed by atoms with E-state index in [0.29, 0.717) is 46.1 Å². The van der Waals surface area contributed by atoms with Crippen LogP contribution in [0.2, 0.25) is 0 Å². The molecule has 2 amide bonds. The SMILES string of the molecule is COc1ccc2c(N=NC(=O)CCCCC(=O)N=Nc3c(O)[nH]c4ccc(OC)cc34)c(O)[nH]c2c1. The number of hydrogen-bond acceptors (Lipinski definition) is 8. The highest BCUT2D eigenvalue weighted by molar-refractivity contribution is 5.96. The molecule has 2 aromatic heterocycles. The molecule has 186 valence electrons. The number of unbranched alkanes of at least 4 members (excludes halogenated alkanes) is 1. The number of carbonyl (C=O) groups is 2. The van der Waals surface area contributed by atoms with Crippen molar-refractivity contribution in [3.8, 4) is 23.3 Å². The van der Waals surface area contributed by atoms with E-state index in [4.69, 9.17) is 9.47 Å². The monoisotopic (exact) mass is 492 g/mol. The maximum absolute atomic E-state index is 12.1. The van der Waals surface area contributed by atoms with E-state index in [1.54, 1.807) is 36.4 Å². The van der Waals surface area contributed by atoms with Gasteiger partial charge in [0.05, 0.1) is 25.3 Å². The summed E-state index contributed by atoms with van der Waals surface area (Å²) in [5.41, 5.74) is 1.53. The highest BCUT2D eigenvalue weighted by Crippen LogP contribution is 2.38. The number of azo groups is 2. The molecule has 4 N–H and O–H groups in total. The molecule has 0 unspecified atom stereocenters. The number of methoxy groups -OCH3 is 2. The quantitative estimate of drug-likeness (QED) is 0.176. The van der Waals surface area contributed by atoms with Crippen LogP contribution in [0.4, 0.5) is 11.4 Å². The van der Waals surface area contributed by atoms with Gasteiger partial charge in [0.1, 0.15) is 11.5 Å². The number of aromatic hydroxyl groups is 2. The molecular formula is C24H24N6O6. The van der Waals surface area contributed by atoms with E-state index in [0.717, 1.165) is 0 Å². The van der Waals surface area contributed by atoms with Crippen LogP contribution in [0, 0.1) is 0 Å². The molecule has 2 heterocycles. The molecular weight excluding hydrogens is 468 g/mol. The first kappa shape index (κ1) is 24.4. The summed E-state index contributed by atoms with van der Waals surface area (Å²) in [6.45, 7) is 0. The minimum Gasteiger partial charge on any atom is -0.497 e. The molecule has 0 saturated carbocycles. The zero-order valence-corrected chi connectivity index (χ0v) is 19.6. The molecule has 4 aromatic rings. The molecule has 0 bridgehead atoms. The van der Waals surface area contributed by atoms with E-state index in [1.165, 1.54) is 14.2 Å². The van der Waals surface area contributed by atoms with Crippen LogP contribution in [0.1, 0.15) is 25.7 Å². The molecule has 0 radical (unpaired) electrons. The number of aromatic amines is 2. The van der Waals surface area contributed by atoms with Gasteiger partial charge in [-0.1, -0.05) is 0 Å². The maximum atomic E-state index is 12.1. The number of benzene rings is 2. The minimum absolute atomic E-state index is 0.0748. The predicted octanol–water partition coefficient (Wildman–Crippen LogP) is 5.56. The summed E-state index contributed by atoms with van der Waals surface area (Å²) in [5.74, 6) is -0.192. The fourth-order valence-corrected chi connectivity index (χ4v) is 3.61. The van der Waals surface area contributed by atoms with Gasteiger partial charge in [-0.05, 0) is 43.2 Å². The van der Waals surface area contributed by atoms with Gasteiger partial charge in [0.2, 0.25) is 11.8 Å². The lowest BCUT2D eigenvalue weighted by molar-refractivity contribution is -0.120. The number of fused-ring (bicyclic) bond motifs is 2. The van der Waals surface area contributed by atoms with E-state index >= 15 is 0 Å². The molecule has 12 nitrogen and oxygen atoms in total. The highest BCUT2D eigenvalue weighted by atomic mass is 16.5. The summed E-state index contributed by atoms with van der Waals surface area (Å²) in [6, 6.07) is 10.2. The van der Waals surface area contributed by atoms with E-state index in [2.05, 4.69) is 30.4 Å². The lowest BCUT2D eigenvalue weighted by Gasteiger charge is -1.99. The largest absolute Gasteiger partial charge is 0.497 e. The third-order valence-corrected chi connectivity index (χ3v) is 5.47. The number of amides is 2. The Morgan fingerprint density at radius 2 is 1.28 bits per heavy atom. The Balaban J connectivity index is 1.28. The van der Waals surface area contributed by atoms with Crippen molar-refractivity contribution in [3.63, 3.8) is 0 Å². The fourth-order valence-electron chi connectivity index (χ4n) is 3.61. The van der Waals surface area contributed by atoms with E-state index < -0.39 is 11.8 Å². The Hall–Kier alpha value is -4.74. The van der Waals surface area contributed by atoms with Crippen LogP contribution in [0.3, 0.4) is 0 Å². The zero-order valence-electron chi connectivity index (χ0n) is 19.6. The van der Waals surface area contributed by atoms with E-state index in [9.17, 15) is 19.8 Å². The lowest BCUT2D eigenvalue weighted by Crippen LogP contribution is -1.95. The van der Waals surface area contributed by atoms with Gasteiger partial charge in [0.25, 0.3) is 11.8 Å². The van der Waals surface area contributed by atoms with E-state index in [1.807, 2.05) is 0 Å². The van der Waals surface area contributed by atoms with Gasteiger partial charge in [0, 0.05) is 29.7 Å². The summed E-state index contributed by atoms with van der Waals surface area (Å²) in [7, 11) is 3.06. The highest BCUT2D eigenvalue weighted by Gasteiger charge is 2.13. The molecule has 0 atom stereocenters. The summed E-state index contributed by atoms with van der Waals surface area (Å²) < 4.78 is 10.3. The van der Waals surface area contributed by atoms with Crippen molar-refractivity contribution in [1.29, 1.82) is 0 Å². The Morgan fingerprint density at radius 1 is 0.750 bits per heavy atom. The molecule has 0 aliphatic rings. The molecule has 4 rings (SSSR count). The number of ether oxygens (including phenoxy) is 2. The number of rotatable bonds is 9. The number of nitrogens with zero attached hydrogens (tertiary/aromatic N) is 4. The fraction of sp³-hybridized carbons (Fsp3) is 0.250. The molecule has 0 spiro atoms. The van der Waals surface area contributed by atoms with Crippen molar-refractivity contribution in [2.45, 2.75) is 25.7 Å². The average molecular weight is 492 g/mol. The molecule has 36 heavy (non-hydrogen) atoms. The molecule has 0 aliphatic heterocycles. The Labute approximate surface area is 204 Å². The minimum atomic E-state index is -0.486. The van der Waals surface area contributed by atoms with Gasteiger partial charge in [-0.3, -0.25) is 9.59 Å². The van der Waals surface area contributed by atoms with Crippen LogP contribution in [0.25, 0.3) is 21.8 Å². The first-order chi connectivity index (χ1) is 17.4. The van der Waals surface area contributed by atoms with Crippen LogP contribution in [0.15, 0.2) is 56.9 Å². The Kier molecular flexibility index (Phi) is 7.23. The van der Waals surface area contributed by atoms with Crippen LogP contribution in [-0.2, 0) is 9.59 Å². The molecule has 0 saturated heterocycles. The first-order valence-corrected chi connectivity index (χ1v) is 11.1. The first-order valence-electron chi connectivity index (χ1n) is 11.1. The number of nitrogens with one attached hydrogen (secondary N) is 2.